The molecular weight excluding hydrogens is 464 g/mol. The van der Waals surface area contributed by atoms with Gasteiger partial charge < -0.3 is 15.7 Å². The molecule has 1 heterocycles. The van der Waals surface area contributed by atoms with Crippen molar-refractivity contribution in [3.05, 3.63) is 71.2 Å². The minimum absolute atomic E-state index is 0.0517. The lowest BCUT2D eigenvalue weighted by molar-refractivity contribution is -0.128. The van der Waals surface area contributed by atoms with Gasteiger partial charge in [0, 0.05) is 35.6 Å². The number of hydrogen-bond acceptors (Lipinski definition) is 6. The van der Waals surface area contributed by atoms with Gasteiger partial charge >= 0.3 is 0 Å². The van der Waals surface area contributed by atoms with Crippen LogP contribution >= 0.6 is 11.3 Å². The van der Waals surface area contributed by atoms with Gasteiger partial charge in [0.2, 0.25) is 17.7 Å². The highest BCUT2D eigenvalue weighted by molar-refractivity contribution is 7.13. The molecule has 0 aliphatic carbocycles. The maximum absolute atomic E-state index is 13.6. The number of phenols is 1. The number of aryl methyl sites for hydroxylation is 1. The molecule has 3 N–H and O–H groups in total. The predicted octanol–water partition coefficient (Wildman–Crippen LogP) is 4.57. The lowest BCUT2D eigenvalue weighted by Crippen LogP contribution is -2.49. The lowest BCUT2D eigenvalue weighted by atomic mass is 10.00. The molecule has 1 aromatic heterocycles. The molecule has 0 radical (unpaired) electrons. The predicted molar refractivity (Wildman–Crippen MR) is 137 cm³/mol. The Balaban J connectivity index is 1.95. The van der Waals surface area contributed by atoms with E-state index in [0.717, 1.165) is 5.56 Å². The molecule has 8 nitrogen and oxygen atoms in total. The number of anilines is 2. The topological polar surface area (TPSA) is 112 Å². The summed E-state index contributed by atoms with van der Waals surface area (Å²) in [4.78, 5) is 45.0. The number of rotatable bonds is 8. The van der Waals surface area contributed by atoms with Gasteiger partial charge in [-0.25, -0.2) is 4.98 Å². The first-order valence-corrected chi connectivity index (χ1v) is 12.1. The van der Waals surface area contributed by atoms with Crippen LogP contribution in [-0.2, 0) is 14.4 Å². The summed E-state index contributed by atoms with van der Waals surface area (Å²) in [5, 5.41) is 17.6. The van der Waals surface area contributed by atoms with Gasteiger partial charge in [-0.15, -0.1) is 11.3 Å². The number of nitrogens with one attached hydrogen (secondary N) is 2. The Morgan fingerprint density at radius 1 is 1.03 bits per heavy atom. The molecule has 0 saturated carbocycles. The first kappa shape index (κ1) is 25.9. The van der Waals surface area contributed by atoms with Crippen LogP contribution < -0.4 is 15.5 Å². The highest BCUT2D eigenvalue weighted by atomic mass is 32.1. The molecule has 0 unspecified atom stereocenters. The number of thiazole rings is 1. The van der Waals surface area contributed by atoms with Crippen molar-refractivity contribution in [2.45, 2.75) is 52.1 Å². The summed E-state index contributed by atoms with van der Waals surface area (Å²) in [6, 6.07) is 12.5. The molecule has 0 fully saturated rings. The van der Waals surface area contributed by atoms with Gasteiger partial charge in [0.05, 0.1) is 0 Å². The van der Waals surface area contributed by atoms with Crippen LogP contribution in [0, 0.1) is 6.92 Å². The van der Waals surface area contributed by atoms with Crippen LogP contribution in [0.2, 0.25) is 0 Å². The minimum Gasteiger partial charge on any atom is -0.508 e. The van der Waals surface area contributed by atoms with Crippen LogP contribution in [0.4, 0.5) is 10.8 Å². The van der Waals surface area contributed by atoms with E-state index in [1.165, 1.54) is 28.4 Å². The minimum atomic E-state index is -1.01. The zero-order chi connectivity index (χ0) is 25.6. The molecule has 0 bridgehead atoms. The van der Waals surface area contributed by atoms with E-state index in [2.05, 4.69) is 15.6 Å². The number of carbonyl (C=O) groups is 3. The summed E-state index contributed by atoms with van der Waals surface area (Å²) >= 11 is 1.29. The van der Waals surface area contributed by atoms with Crippen LogP contribution in [0.25, 0.3) is 0 Å². The van der Waals surface area contributed by atoms with E-state index in [-0.39, 0.29) is 36.3 Å². The highest BCUT2D eigenvalue weighted by Crippen LogP contribution is 2.31. The van der Waals surface area contributed by atoms with Crippen LogP contribution in [0.15, 0.2) is 60.1 Å². The molecule has 35 heavy (non-hydrogen) atoms. The first-order chi connectivity index (χ1) is 16.5. The van der Waals surface area contributed by atoms with Crippen LogP contribution in [0.3, 0.4) is 0 Å². The van der Waals surface area contributed by atoms with E-state index in [9.17, 15) is 19.5 Å². The van der Waals surface area contributed by atoms with Crippen molar-refractivity contribution < 1.29 is 19.5 Å². The van der Waals surface area contributed by atoms with Crippen molar-refractivity contribution in [2.24, 2.45) is 0 Å². The Morgan fingerprint density at radius 2 is 1.69 bits per heavy atom. The Bertz CT molecular complexity index is 1150. The van der Waals surface area contributed by atoms with Crippen molar-refractivity contribution in [3.63, 3.8) is 0 Å². The maximum atomic E-state index is 13.6. The van der Waals surface area contributed by atoms with E-state index < -0.39 is 11.6 Å². The zero-order valence-corrected chi connectivity index (χ0v) is 21.1. The summed E-state index contributed by atoms with van der Waals surface area (Å²) in [7, 11) is 0. The van der Waals surface area contributed by atoms with Crippen molar-refractivity contribution in [2.75, 3.05) is 10.2 Å². The van der Waals surface area contributed by atoms with E-state index in [1.807, 2.05) is 39.8 Å². The van der Waals surface area contributed by atoms with Crippen molar-refractivity contribution in [1.29, 1.82) is 0 Å². The molecule has 1 atom stereocenters. The van der Waals surface area contributed by atoms with Crippen LogP contribution in [-0.4, -0.2) is 33.4 Å². The zero-order valence-electron chi connectivity index (χ0n) is 20.2. The molecule has 3 aromatic rings. The number of carbonyl (C=O) groups excluding carboxylic acids is 3. The molecule has 0 aliphatic rings. The molecule has 0 saturated heterocycles. The first-order valence-electron chi connectivity index (χ1n) is 11.2. The number of benzene rings is 2. The average molecular weight is 495 g/mol. The largest absolute Gasteiger partial charge is 0.508 e. The number of amides is 3. The smallest absolute Gasteiger partial charge is 0.248 e. The van der Waals surface area contributed by atoms with Gasteiger partial charge in [0.1, 0.15) is 11.8 Å². The van der Waals surface area contributed by atoms with E-state index >= 15 is 0 Å². The van der Waals surface area contributed by atoms with Gasteiger partial charge in [0.25, 0.3) is 0 Å². The Hall–Kier alpha value is -3.72. The van der Waals surface area contributed by atoms with Crippen LogP contribution in [0.1, 0.15) is 50.8 Å². The Labute approximate surface area is 209 Å². The molecule has 0 aliphatic heterocycles. The summed E-state index contributed by atoms with van der Waals surface area (Å²) in [6.45, 7) is 7.52. The maximum Gasteiger partial charge on any atom is 0.248 e. The molecule has 3 rings (SSSR count). The Kier molecular flexibility index (Phi) is 8.24. The third-order valence-corrected chi connectivity index (χ3v) is 5.73. The quantitative estimate of drug-likeness (QED) is 0.425. The van der Waals surface area contributed by atoms with Gasteiger partial charge in [-0.3, -0.25) is 19.3 Å². The van der Waals surface area contributed by atoms with Gasteiger partial charge in [0.15, 0.2) is 5.13 Å². The van der Waals surface area contributed by atoms with E-state index in [1.54, 1.807) is 35.8 Å². The third kappa shape index (κ3) is 7.38. The fourth-order valence-electron chi connectivity index (χ4n) is 3.46. The summed E-state index contributed by atoms with van der Waals surface area (Å²) in [6.07, 6.45) is 1.41. The van der Waals surface area contributed by atoms with Gasteiger partial charge in [-0.1, -0.05) is 29.8 Å². The second-order valence-corrected chi connectivity index (χ2v) is 10.1. The van der Waals surface area contributed by atoms with Crippen molar-refractivity contribution in [3.8, 4) is 5.75 Å². The number of nitrogens with zero attached hydrogens (tertiary/aromatic N) is 2. The normalized spacial score (nSPS) is 12.0. The van der Waals surface area contributed by atoms with Gasteiger partial charge in [-0.2, -0.15) is 0 Å². The second kappa shape index (κ2) is 11.1. The van der Waals surface area contributed by atoms with Gasteiger partial charge in [-0.05, 0) is 57.5 Å². The average Bonchev–Trinajstić information content (AvgIpc) is 3.29. The molecule has 0 spiro atoms. The fraction of sp³-hybridized carbons (Fsp3) is 0.308. The van der Waals surface area contributed by atoms with E-state index in [4.69, 9.17) is 0 Å². The Morgan fingerprint density at radius 3 is 2.26 bits per heavy atom. The molecule has 184 valence electrons. The number of aromatic hydroxyl groups is 1. The fourth-order valence-corrected chi connectivity index (χ4v) is 4.01. The molecule has 2 aromatic carbocycles. The monoisotopic (exact) mass is 494 g/mol. The summed E-state index contributed by atoms with van der Waals surface area (Å²) < 4.78 is 0. The SMILES string of the molecule is Cc1ccc(N(C(=O)CCC(=O)Nc2nccs2)[C@H](C(=O)NC(C)(C)C)c2ccc(O)cc2)cc1. The molecular formula is C26H30N4O4S. The number of aromatic nitrogens is 1. The highest BCUT2D eigenvalue weighted by Gasteiger charge is 2.34. The van der Waals surface area contributed by atoms with Crippen molar-refractivity contribution in [1.82, 2.24) is 10.3 Å². The standard InChI is InChI=1S/C26H30N4O4S/c1-17-5-9-19(10-6-17)30(22(33)14-13-21(32)28-25-27-15-16-35-25)23(24(34)29-26(2,3)4)18-7-11-20(31)12-8-18/h5-12,15-16,23,31H,13-14H2,1-4H3,(H,29,34)(H,27,28,32)/t23-/m0/s1. The molecule has 9 heteroatoms. The van der Waals surface area contributed by atoms with E-state index in [0.29, 0.717) is 16.4 Å². The summed E-state index contributed by atoms with van der Waals surface area (Å²) in [5.74, 6) is -1.04. The molecule has 3 amide bonds. The van der Waals surface area contributed by atoms with Crippen molar-refractivity contribution >= 4 is 39.9 Å². The lowest BCUT2D eigenvalue weighted by Gasteiger charge is -2.34. The summed E-state index contributed by atoms with van der Waals surface area (Å²) in [5.41, 5.74) is 1.53. The van der Waals surface area contributed by atoms with Crippen LogP contribution in [0.5, 0.6) is 5.75 Å². The third-order valence-electron chi connectivity index (χ3n) is 5.04. The number of phenolic OH excluding ortho intramolecular Hbond substituents is 1. The second-order valence-electron chi connectivity index (χ2n) is 9.22. The number of hydrogen-bond donors (Lipinski definition) is 3.